The van der Waals surface area contributed by atoms with Gasteiger partial charge in [-0.15, -0.1) is 0 Å². The van der Waals surface area contributed by atoms with E-state index in [2.05, 4.69) is 10.7 Å². The van der Waals surface area contributed by atoms with Crippen LogP contribution in [0.15, 0.2) is 66.7 Å². The zero-order valence-corrected chi connectivity index (χ0v) is 18.6. The molecule has 174 valence electrons. The molecular formula is C26H23F2N3O3. The molecule has 3 aromatic rings. The number of amides is 3. The van der Waals surface area contributed by atoms with E-state index < -0.39 is 35.4 Å². The van der Waals surface area contributed by atoms with Crippen molar-refractivity contribution < 1.29 is 23.2 Å². The van der Waals surface area contributed by atoms with Gasteiger partial charge in [0.05, 0.1) is 18.0 Å². The average molecular weight is 463 g/mol. The number of nitrogens with zero attached hydrogens (tertiary/aromatic N) is 1. The number of nitrogens with one attached hydrogen (secondary N) is 2. The van der Waals surface area contributed by atoms with Crippen molar-refractivity contribution in [3.63, 3.8) is 0 Å². The molecule has 3 aromatic carbocycles. The van der Waals surface area contributed by atoms with E-state index in [-0.39, 0.29) is 17.9 Å². The predicted octanol–water partition coefficient (Wildman–Crippen LogP) is 3.86. The van der Waals surface area contributed by atoms with Crippen LogP contribution in [0.4, 0.5) is 14.5 Å². The summed E-state index contributed by atoms with van der Waals surface area (Å²) in [6, 6.07) is 16.6. The van der Waals surface area contributed by atoms with Crippen LogP contribution in [0, 0.1) is 11.6 Å². The topological polar surface area (TPSA) is 78.5 Å². The van der Waals surface area contributed by atoms with Crippen LogP contribution in [0.2, 0.25) is 0 Å². The smallest absolute Gasteiger partial charge is 0.261 e. The van der Waals surface area contributed by atoms with Gasteiger partial charge in [0.1, 0.15) is 17.7 Å². The Bertz CT molecular complexity index is 1260. The third-order valence-corrected chi connectivity index (χ3v) is 5.73. The molecule has 2 atom stereocenters. The van der Waals surface area contributed by atoms with E-state index >= 15 is 0 Å². The first-order chi connectivity index (χ1) is 16.2. The molecule has 0 saturated carbocycles. The zero-order valence-electron chi connectivity index (χ0n) is 18.6. The highest BCUT2D eigenvalue weighted by atomic mass is 19.1. The highest BCUT2D eigenvalue weighted by molar-refractivity contribution is 6.06. The van der Waals surface area contributed by atoms with Crippen LogP contribution in [0.5, 0.6) is 0 Å². The summed E-state index contributed by atoms with van der Waals surface area (Å²) < 4.78 is 26.8. The van der Waals surface area contributed by atoms with E-state index in [1.165, 1.54) is 11.9 Å². The third-order valence-electron chi connectivity index (χ3n) is 5.73. The van der Waals surface area contributed by atoms with Gasteiger partial charge in [-0.1, -0.05) is 42.5 Å². The fraction of sp³-hybridized carbons (Fsp3) is 0.192. The zero-order chi connectivity index (χ0) is 24.4. The first-order valence-electron chi connectivity index (χ1n) is 10.8. The second kappa shape index (κ2) is 9.43. The molecule has 0 spiro atoms. The lowest BCUT2D eigenvalue weighted by Gasteiger charge is -2.27. The second-order valence-electron chi connectivity index (χ2n) is 8.22. The van der Waals surface area contributed by atoms with Crippen LogP contribution in [-0.4, -0.2) is 23.8 Å². The fourth-order valence-electron chi connectivity index (χ4n) is 4.04. The lowest BCUT2D eigenvalue weighted by molar-refractivity contribution is -0.130. The van der Waals surface area contributed by atoms with Gasteiger partial charge in [-0.3, -0.25) is 19.8 Å². The van der Waals surface area contributed by atoms with Crippen molar-refractivity contribution in [2.75, 3.05) is 5.01 Å². The summed E-state index contributed by atoms with van der Waals surface area (Å²) in [4.78, 5) is 38.6. The minimum absolute atomic E-state index is 0.144. The molecule has 1 aliphatic rings. The number of benzene rings is 3. The van der Waals surface area contributed by atoms with Crippen LogP contribution in [0.1, 0.15) is 30.9 Å². The molecule has 0 radical (unpaired) electrons. The monoisotopic (exact) mass is 463 g/mol. The Morgan fingerprint density at radius 2 is 1.59 bits per heavy atom. The average Bonchev–Trinajstić information content (AvgIpc) is 2.88. The van der Waals surface area contributed by atoms with E-state index in [0.29, 0.717) is 11.8 Å². The van der Waals surface area contributed by atoms with Gasteiger partial charge in [0.15, 0.2) is 0 Å². The molecular weight excluding hydrogens is 440 g/mol. The van der Waals surface area contributed by atoms with Crippen molar-refractivity contribution >= 4 is 23.4 Å². The van der Waals surface area contributed by atoms with Gasteiger partial charge in [0.25, 0.3) is 11.8 Å². The summed E-state index contributed by atoms with van der Waals surface area (Å²) in [6.45, 7) is 3.24. The van der Waals surface area contributed by atoms with Crippen LogP contribution in [-0.2, 0) is 20.8 Å². The number of hydrogen-bond donors (Lipinski definition) is 2. The van der Waals surface area contributed by atoms with Gasteiger partial charge in [0, 0.05) is 11.6 Å². The normalized spacial score (nSPS) is 15.6. The highest BCUT2D eigenvalue weighted by Gasteiger charge is 2.33. The fourth-order valence-corrected chi connectivity index (χ4v) is 4.04. The summed E-state index contributed by atoms with van der Waals surface area (Å²) in [5.74, 6) is -3.61. The summed E-state index contributed by atoms with van der Waals surface area (Å²) >= 11 is 0. The molecule has 8 heteroatoms. The molecule has 34 heavy (non-hydrogen) atoms. The largest absolute Gasteiger partial charge is 0.344 e. The van der Waals surface area contributed by atoms with Crippen LogP contribution in [0.25, 0.3) is 11.1 Å². The molecule has 3 amide bonds. The van der Waals surface area contributed by atoms with Crippen molar-refractivity contribution in [2.45, 2.75) is 32.2 Å². The number of anilines is 1. The molecule has 0 fully saturated rings. The lowest BCUT2D eigenvalue weighted by Crippen LogP contribution is -2.54. The minimum atomic E-state index is -1.01. The number of para-hydroxylation sites is 1. The number of fused-ring (bicyclic) bond motifs is 3. The van der Waals surface area contributed by atoms with Crippen LogP contribution in [0.3, 0.4) is 0 Å². The summed E-state index contributed by atoms with van der Waals surface area (Å²) in [5.41, 5.74) is 5.83. The predicted molar refractivity (Wildman–Crippen MR) is 124 cm³/mol. The Morgan fingerprint density at radius 3 is 2.29 bits per heavy atom. The highest BCUT2D eigenvalue weighted by Crippen LogP contribution is 2.39. The molecule has 1 heterocycles. The van der Waals surface area contributed by atoms with Crippen molar-refractivity contribution in [1.29, 1.82) is 0 Å². The van der Waals surface area contributed by atoms with Crippen molar-refractivity contribution in [1.82, 2.24) is 10.7 Å². The quantitative estimate of drug-likeness (QED) is 0.603. The van der Waals surface area contributed by atoms with Gasteiger partial charge in [0.2, 0.25) is 5.91 Å². The Labute approximate surface area is 195 Å². The Morgan fingerprint density at radius 1 is 0.971 bits per heavy atom. The Balaban J connectivity index is 1.52. The Kier molecular flexibility index (Phi) is 6.40. The van der Waals surface area contributed by atoms with E-state index in [0.717, 1.165) is 28.8 Å². The van der Waals surface area contributed by atoms with Crippen molar-refractivity contribution in [2.24, 2.45) is 0 Å². The van der Waals surface area contributed by atoms with Crippen LogP contribution >= 0.6 is 0 Å². The number of rotatable bonds is 5. The summed E-state index contributed by atoms with van der Waals surface area (Å²) in [5, 5.41) is 3.72. The van der Waals surface area contributed by atoms with Gasteiger partial charge in [-0.05, 0) is 48.7 Å². The van der Waals surface area contributed by atoms with Gasteiger partial charge in [-0.2, -0.15) is 0 Å². The molecule has 0 saturated heterocycles. The molecule has 0 aliphatic carbocycles. The molecule has 6 nitrogen and oxygen atoms in total. The Hall–Kier alpha value is -4.07. The number of halogens is 2. The van der Waals surface area contributed by atoms with E-state index in [9.17, 15) is 23.2 Å². The molecule has 0 bridgehead atoms. The molecule has 2 N–H and O–H groups in total. The maximum absolute atomic E-state index is 13.4. The molecule has 1 aliphatic heterocycles. The number of carbonyl (C=O) groups is 3. The van der Waals surface area contributed by atoms with E-state index in [1.54, 1.807) is 19.1 Å². The standard InChI is InChI=1S/C26H23F2N3O3/c1-15-20-7-3-4-8-21(20)22-9-5-6-10-23(22)31(26(15)34)30-25(33)16(2)29-24(32)13-17-11-18(27)14-19(28)12-17/h3-12,14-16H,13H2,1-2H3,(H,29,32)(H,30,33)/t15?,16-/m0/s1. The van der Waals surface area contributed by atoms with Gasteiger partial charge < -0.3 is 5.32 Å². The summed E-state index contributed by atoms with van der Waals surface area (Å²) in [6.07, 6.45) is -0.301. The van der Waals surface area contributed by atoms with E-state index in [1.807, 2.05) is 36.4 Å². The van der Waals surface area contributed by atoms with Crippen LogP contribution < -0.4 is 15.8 Å². The molecule has 4 rings (SSSR count). The minimum Gasteiger partial charge on any atom is -0.344 e. The van der Waals surface area contributed by atoms with E-state index in [4.69, 9.17) is 0 Å². The summed E-state index contributed by atoms with van der Waals surface area (Å²) in [7, 11) is 0. The third kappa shape index (κ3) is 4.66. The molecule has 1 unspecified atom stereocenters. The molecule has 0 aromatic heterocycles. The number of hydrogen-bond acceptors (Lipinski definition) is 3. The first-order valence-corrected chi connectivity index (χ1v) is 10.8. The number of hydrazine groups is 1. The number of carbonyl (C=O) groups excluding carboxylic acids is 3. The maximum Gasteiger partial charge on any atom is 0.261 e. The lowest BCUT2D eigenvalue weighted by atomic mass is 9.92. The maximum atomic E-state index is 13.4. The van der Waals surface area contributed by atoms with Gasteiger partial charge in [-0.25, -0.2) is 13.8 Å². The first kappa shape index (κ1) is 23.1. The SMILES string of the molecule is CC1C(=O)N(NC(=O)[C@H](C)NC(=O)Cc2cc(F)cc(F)c2)c2ccccc2-c2ccccc21. The van der Waals surface area contributed by atoms with Gasteiger partial charge >= 0.3 is 0 Å². The van der Waals surface area contributed by atoms with Crippen molar-refractivity contribution in [3.05, 3.63) is 89.5 Å². The van der Waals surface area contributed by atoms with Crippen molar-refractivity contribution in [3.8, 4) is 11.1 Å². The second-order valence-corrected chi connectivity index (χ2v) is 8.22.